The molecule has 0 aliphatic carbocycles. The Hall–Kier alpha value is -0.260. The Labute approximate surface area is 131 Å². The maximum Gasteiger partial charge on any atom is 0.214 e. The van der Waals surface area contributed by atoms with E-state index >= 15 is 0 Å². The van der Waals surface area contributed by atoms with Crippen molar-refractivity contribution in [2.45, 2.75) is 6.42 Å². The Balaban J connectivity index is 0.00000162. The van der Waals surface area contributed by atoms with Crippen molar-refractivity contribution in [2.24, 2.45) is 0 Å². The van der Waals surface area contributed by atoms with Crippen molar-refractivity contribution in [1.29, 1.82) is 0 Å². The SMILES string of the molecule is Clc1cccc(OCCC[NH+]2CC[NH2+]CC2)n1.[Cl-].[Cl-]. The predicted octanol–water partition coefficient (Wildman–Crippen LogP) is -7.03. The molecule has 1 aromatic heterocycles. The van der Waals surface area contributed by atoms with Crippen LogP contribution in [0.2, 0.25) is 5.15 Å². The summed E-state index contributed by atoms with van der Waals surface area (Å²) in [6.45, 7) is 6.97. The number of halogens is 3. The molecule has 0 saturated carbocycles. The Morgan fingerprint density at radius 1 is 1.26 bits per heavy atom. The molecule has 2 rings (SSSR count). The molecular formula is C12H20Cl3N3O. The first-order valence-corrected chi connectivity index (χ1v) is 6.63. The zero-order chi connectivity index (χ0) is 11.9. The van der Waals surface area contributed by atoms with E-state index in [1.54, 1.807) is 11.0 Å². The Bertz CT molecular complexity index is 349. The highest BCUT2D eigenvalue weighted by atomic mass is 35.5. The van der Waals surface area contributed by atoms with Crippen LogP contribution in [0.3, 0.4) is 0 Å². The first-order chi connectivity index (χ1) is 8.34. The molecule has 1 aromatic rings. The number of nitrogens with two attached hydrogens (primary N) is 1. The Morgan fingerprint density at radius 3 is 2.68 bits per heavy atom. The van der Waals surface area contributed by atoms with Crippen molar-refractivity contribution < 1.29 is 39.8 Å². The van der Waals surface area contributed by atoms with Gasteiger partial charge in [0, 0.05) is 12.5 Å². The van der Waals surface area contributed by atoms with Gasteiger partial charge in [0.1, 0.15) is 31.3 Å². The molecule has 0 spiro atoms. The highest BCUT2D eigenvalue weighted by molar-refractivity contribution is 6.29. The Kier molecular flexibility index (Phi) is 10.4. The molecular weight excluding hydrogens is 309 g/mol. The van der Waals surface area contributed by atoms with Crippen molar-refractivity contribution in [3.05, 3.63) is 23.4 Å². The minimum atomic E-state index is 0. The van der Waals surface area contributed by atoms with Gasteiger partial charge in [0.15, 0.2) is 0 Å². The van der Waals surface area contributed by atoms with Gasteiger partial charge in [-0.25, -0.2) is 4.98 Å². The van der Waals surface area contributed by atoms with Crippen LogP contribution in [0.25, 0.3) is 0 Å². The third-order valence-corrected chi connectivity index (χ3v) is 3.23. The monoisotopic (exact) mass is 327 g/mol. The molecule has 1 aliphatic rings. The molecule has 1 saturated heterocycles. The molecule has 3 N–H and O–H groups in total. The largest absolute Gasteiger partial charge is 1.00 e. The number of aromatic nitrogens is 1. The van der Waals surface area contributed by atoms with Gasteiger partial charge in [0.25, 0.3) is 0 Å². The average molecular weight is 329 g/mol. The van der Waals surface area contributed by atoms with Gasteiger partial charge in [-0.3, -0.25) is 0 Å². The van der Waals surface area contributed by atoms with Crippen molar-refractivity contribution in [3.8, 4) is 5.88 Å². The van der Waals surface area contributed by atoms with Crippen LogP contribution in [0.15, 0.2) is 18.2 Å². The zero-order valence-corrected chi connectivity index (χ0v) is 13.0. The minimum Gasteiger partial charge on any atom is -1.00 e. The van der Waals surface area contributed by atoms with E-state index in [1.165, 1.54) is 32.7 Å². The quantitative estimate of drug-likeness (QED) is 0.417. The minimum absolute atomic E-state index is 0. The standard InChI is InChI=1S/C12H18ClN3O.2ClH/c13-11-3-1-4-12(15-11)17-10-2-7-16-8-5-14-6-9-16;;/h1,3-4,14H,2,5-10H2;2*1H. The van der Waals surface area contributed by atoms with Gasteiger partial charge >= 0.3 is 0 Å². The first kappa shape index (κ1) is 18.7. The molecule has 19 heavy (non-hydrogen) atoms. The van der Waals surface area contributed by atoms with Crippen LogP contribution in [0, 0.1) is 0 Å². The van der Waals surface area contributed by atoms with Crippen LogP contribution in [-0.2, 0) is 0 Å². The summed E-state index contributed by atoms with van der Waals surface area (Å²) in [7, 11) is 0. The maximum absolute atomic E-state index is 5.78. The van der Waals surface area contributed by atoms with Crippen LogP contribution in [0.1, 0.15) is 6.42 Å². The van der Waals surface area contributed by atoms with Gasteiger partial charge < -0.3 is 39.8 Å². The summed E-state index contributed by atoms with van der Waals surface area (Å²) >= 11 is 5.78. The molecule has 0 bridgehead atoms. The lowest BCUT2D eigenvalue weighted by molar-refractivity contribution is -0.946. The van der Waals surface area contributed by atoms with E-state index in [-0.39, 0.29) is 24.8 Å². The van der Waals surface area contributed by atoms with E-state index < -0.39 is 0 Å². The summed E-state index contributed by atoms with van der Waals surface area (Å²) in [5.74, 6) is 0.625. The number of pyridine rings is 1. The normalized spacial score (nSPS) is 15.2. The number of quaternary nitrogens is 2. The van der Waals surface area contributed by atoms with Crippen molar-refractivity contribution in [3.63, 3.8) is 0 Å². The number of hydrogen-bond acceptors (Lipinski definition) is 2. The molecule has 0 radical (unpaired) electrons. The number of hydrogen-bond donors (Lipinski definition) is 2. The second-order valence-corrected chi connectivity index (χ2v) is 4.75. The lowest BCUT2D eigenvalue weighted by atomic mass is 10.3. The number of rotatable bonds is 5. The van der Waals surface area contributed by atoms with Crippen molar-refractivity contribution >= 4 is 11.6 Å². The van der Waals surface area contributed by atoms with E-state index in [0.29, 0.717) is 11.0 Å². The van der Waals surface area contributed by atoms with E-state index in [0.717, 1.165) is 13.0 Å². The fraction of sp³-hybridized carbons (Fsp3) is 0.583. The predicted molar refractivity (Wildman–Crippen MR) is 66.6 cm³/mol. The van der Waals surface area contributed by atoms with E-state index in [2.05, 4.69) is 10.3 Å². The molecule has 0 atom stereocenters. The lowest BCUT2D eigenvalue weighted by Gasteiger charge is -2.21. The van der Waals surface area contributed by atoms with E-state index in [4.69, 9.17) is 16.3 Å². The van der Waals surface area contributed by atoms with Gasteiger partial charge in [-0.05, 0) is 6.07 Å². The molecule has 4 nitrogen and oxygen atoms in total. The number of nitrogens with one attached hydrogen (secondary N) is 1. The average Bonchev–Trinajstić information content (AvgIpc) is 2.36. The van der Waals surface area contributed by atoms with Gasteiger partial charge in [0.05, 0.1) is 13.2 Å². The van der Waals surface area contributed by atoms with Crippen LogP contribution in [-0.4, -0.2) is 44.3 Å². The summed E-state index contributed by atoms with van der Waals surface area (Å²) in [4.78, 5) is 5.78. The number of piperazine rings is 1. The zero-order valence-electron chi connectivity index (χ0n) is 10.7. The second-order valence-electron chi connectivity index (χ2n) is 4.37. The molecule has 7 heteroatoms. The summed E-state index contributed by atoms with van der Waals surface area (Å²) in [5.41, 5.74) is 0. The third-order valence-electron chi connectivity index (χ3n) is 3.02. The summed E-state index contributed by atoms with van der Waals surface area (Å²) in [6.07, 6.45) is 1.07. The molecule has 2 heterocycles. The molecule has 1 aliphatic heterocycles. The number of nitrogens with zero attached hydrogens (tertiary/aromatic N) is 1. The fourth-order valence-electron chi connectivity index (χ4n) is 2.10. The molecule has 0 unspecified atom stereocenters. The van der Waals surface area contributed by atoms with Gasteiger partial charge in [-0.1, -0.05) is 17.7 Å². The second kappa shape index (κ2) is 10.5. The van der Waals surface area contributed by atoms with E-state index in [9.17, 15) is 0 Å². The highest BCUT2D eigenvalue weighted by Crippen LogP contribution is 2.11. The smallest absolute Gasteiger partial charge is 0.214 e. The van der Waals surface area contributed by atoms with Crippen LogP contribution < -0.4 is 39.8 Å². The van der Waals surface area contributed by atoms with Gasteiger partial charge in [-0.2, -0.15) is 0 Å². The molecule has 0 aromatic carbocycles. The highest BCUT2D eigenvalue weighted by Gasteiger charge is 2.14. The molecule has 110 valence electrons. The lowest BCUT2D eigenvalue weighted by Crippen LogP contribution is -3.20. The third kappa shape index (κ3) is 7.18. The first-order valence-electron chi connectivity index (χ1n) is 6.25. The molecule has 0 amide bonds. The van der Waals surface area contributed by atoms with Crippen LogP contribution >= 0.6 is 11.6 Å². The van der Waals surface area contributed by atoms with Crippen LogP contribution in [0.4, 0.5) is 0 Å². The topological polar surface area (TPSA) is 43.2 Å². The maximum atomic E-state index is 5.78. The summed E-state index contributed by atoms with van der Waals surface area (Å²) < 4.78 is 5.56. The van der Waals surface area contributed by atoms with Gasteiger partial charge in [-0.15, -0.1) is 0 Å². The van der Waals surface area contributed by atoms with Crippen LogP contribution in [0.5, 0.6) is 5.88 Å². The Morgan fingerprint density at radius 2 is 2.00 bits per heavy atom. The van der Waals surface area contributed by atoms with Crippen molar-refractivity contribution in [2.75, 3.05) is 39.3 Å². The summed E-state index contributed by atoms with van der Waals surface area (Å²) in [6, 6.07) is 5.45. The molecule has 1 fully saturated rings. The van der Waals surface area contributed by atoms with Gasteiger partial charge in [0.2, 0.25) is 5.88 Å². The van der Waals surface area contributed by atoms with Crippen molar-refractivity contribution in [1.82, 2.24) is 4.98 Å². The number of ether oxygens (including phenoxy) is 1. The van der Waals surface area contributed by atoms with E-state index in [1.807, 2.05) is 12.1 Å². The fourth-order valence-corrected chi connectivity index (χ4v) is 2.26. The summed E-state index contributed by atoms with van der Waals surface area (Å²) in [5, 5.41) is 2.87.